The Labute approximate surface area is 115 Å². The maximum atomic E-state index is 11.9. The van der Waals surface area contributed by atoms with Gasteiger partial charge in [0.15, 0.2) is 0 Å². The van der Waals surface area contributed by atoms with Crippen LogP contribution in [0.3, 0.4) is 0 Å². The van der Waals surface area contributed by atoms with Crippen LogP contribution in [0.2, 0.25) is 0 Å². The zero-order chi connectivity index (χ0) is 14.1. The summed E-state index contributed by atoms with van der Waals surface area (Å²) >= 11 is 0. The number of nitrogens with one attached hydrogen (secondary N) is 3. The number of hydrogen-bond acceptors (Lipinski definition) is 4. The van der Waals surface area contributed by atoms with Gasteiger partial charge < -0.3 is 10.3 Å². The Morgan fingerprint density at radius 1 is 1.37 bits per heavy atom. The lowest BCUT2D eigenvalue weighted by atomic mass is 10.3. The van der Waals surface area contributed by atoms with Gasteiger partial charge in [0.2, 0.25) is 0 Å². The molecular weight excluding hydrogens is 266 g/mol. The first-order valence-electron chi connectivity index (χ1n) is 6.40. The molecule has 7 nitrogen and oxygen atoms in total. The number of aryl methyl sites for hydroxylation is 1. The second-order valence-corrected chi connectivity index (χ2v) is 6.18. The highest BCUT2D eigenvalue weighted by Gasteiger charge is 2.15. The molecule has 0 atom stereocenters. The fraction of sp³-hybridized carbons (Fsp3) is 0.727. The van der Waals surface area contributed by atoms with Gasteiger partial charge in [-0.1, -0.05) is 0 Å². The molecule has 0 fully saturated rings. The molecule has 1 aromatic rings. The monoisotopic (exact) mass is 289 g/mol. The van der Waals surface area contributed by atoms with E-state index in [1.807, 2.05) is 7.05 Å². The number of H-pyrrole nitrogens is 1. The molecule has 3 N–H and O–H groups in total. The fourth-order valence-electron chi connectivity index (χ4n) is 1.60. The van der Waals surface area contributed by atoms with E-state index in [2.05, 4.69) is 20.0 Å². The number of hydrogen-bond donors (Lipinski definition) is 3. The smallest absolute Gasteiger partial charge is 0.279 e. The Balaban J connectivity index is 2.22. The first kappa shape index (κ1) is 16.1. The molecule has 110 valence electrons. The lowest BCUT2D eigenvalue weighted by molar-refractivity contribution is 0.447. The van der Waals surface area contributed by atoms with Crippen LogP contribution in [0.1, 0.15) is 18.7 Å². The van der Waals surface area contributed by atoms with E-state index < -0.39 is 10.2 Å². The predicted octanol–water partition coefficient (Wildman–Crippen LogP) is -0.282. The van der Waals surface area contributed by atoms with Gasteiger partial charge in [0, 0.05) is 39.0 Å². The van der Waals surface area contributed by atoms with Crippen LogP contribution in [0.4, 0.5) is 0 Å². The lowest BCUT2D eigenvalue weighted by Gasteiger charge is -2.17. The third-order valence-corrected chi connectivity index (χ3v) is 4.31. The second kappa shape index (κ2) is 8.26. The van der Waals surface area contributed by atoms with Crippen LogP contribution in [-0.4, -0.2) is 56.4 Å². The van der Waals surface area contributed by atoms with Crippen LogP contribution < -0.4 is 10.0 Å². The Morgan fingerprint density at radius 3 is 2.79 bits per heavy atom. The van der Waals surface area contributed by atoms with E-state index in [1.165, 1.54) is 4.31 Å². The minimum atomic E-state index is -3.36. The minimum Gasteiger partial charge on any atom is -0.349 e. The molecule has 0 aliphatic heterocycles. The van der Waals surface area contributed by atoms with E-state index in [1.54, 1.807) is 19.4 Å². The van der Waals surface area contributed by atoms with Gasteiger partial charge >= 0.3 is 0 Å². The molecule has 1 heterocycles. The molecule has 0 aliphatic rings. The van der Waals surface area contributed by atoms with Crippen LogP contribution in [0, 0.1) is 0 Å². The van der Waals surface area contributed by atoms with E-state index in [0.717, 1.165) is 31.6 Å². The Bertz CT molecular complexity index is 432. The van der Waals surface area contributed by atoms with Crippen LogP contribution >= 0.6 is 0 Å². The minimum absolute atomic E-state index is 0.416. The van der Waals surface area contributed by atoms with Gasteiger partial charge in [-0.25, -0.2) is 9.71 Å². The highest BCUT2D eigenvalue weighted by Crippen LogP contribution is 1.98. The summed E-state index contributed by atoms with van der Waals surface area (Å²) in [6.07, 6.45) is 5.69. The third kappa shape index (κ3) is 6.15. The maximum Gasteiger partial charge on any atom is 0.279 e. The number of nitrogens with zero attached hydrogens (tertiary/aromatic N) is 2. The zero-order valence-corrected chi connectivity index (χ0v) is 12.3. The highest BCUT2D eigenvalue weighted by molar-refractivity contribution is 7.87. The van der Waals surface area contributed by atoms with Crippen molar-refractivity contribution in [2.75, 3.05) is 33.7 Å². The molecule has 19 heavy (non-hydrogen) atoms. The average molecular weight is 289 g/mol. The van der Waals surface area contributed by atoms with Gasteiger partial charge in [-0.15, -0.1) is 0 Å². The van der Waals surface area contributed by atoms with Crippen molar-refractivity contribution >= 4 is 10.2 Å². The summed E-state index contributed by atoms with van der Waals surface area (Å²) in [7, 11) is 0.0796. The van der Waals surface area contributed by atoms with Gasteiger partial charge in [-0.05, 0) is 26.4 Å². The van der Waals surface area contributed by atoms with Crippen molar-refractivity contribution in [1.29, 1.82) is 0 Å². The Morgan fingerprint density at radius 2 is 2.16 bits per heavy atom. The van der Waals surface area contributed by atoms with Crippen molar-refractivity contribution in [3.05, 3.63) is 18.2 Å². The van der Waals surface area contributed by atoms with E-state index in [0.29, 0.717) is 13.1 Å². The predicted molar refractivity (Wildman–Crippen MR) is 75.0 cm³/mol. The van der Waals surface area contributed by atoms with Crippen molar-refractivity contribution in [3.63, 3.8) is 0 Å². The fourth-order valence-corrected chi connectivity index (χ4v) is 2.59. The molecular formula is C11H23N5O2S. The van der Waals surface area contributed by atoms with Crippen molar-refractivity contribution in [1.82, 2.24) is 24.3 Å². The SMILES string of the molecule is CNCCCN(C)S(=O)(=O)NCCCc1ncc[nH]1. The Hall–Kier alpha value is -0.960. The number of aromatic nitrogens is 2. The average Bonchev–Trinajstić information content (AvgIpc) is 2.88. The first-order valence-corrected chi connectivity index (χ1v) is 7.84. The van der Waals surface area contributed by atoms with Crippen LogP contribution in [0.15, 0.2) is 12.4 Å². The van der Waals surface area contributed by atoms with Crippen LogP contribution in [0.5, 0.6) is 0 Å². The first-order chi connectivity index (χ1) is 9.06. The molecule has 0 bridgehead atoms. The maximum absolute atomic E-state index is 11.9. The summed E-state index contributed by atoms with van der Waals surface area (Å²) in [6, 6.07) is 0. The molecule has 0 aliphatic carbocycles. The van der Waals surface area contributed by atoms with E-state index in [-0.39, 0.29) is 0 Å². The summed E-state index contributed by atoms with van der Waals surface area (Å²) in [5, 5.41) is 2.99. The summed E-state index contributed by atoms with van der Waals surface area (Å²) in [4.78, 5) is 7.07. The normalized spacial score (nSPS) is 12.2. The van der Waals surface area contributed by atoms with E-state index in [9.17, 15) is 8.42 Å². The topological polar surface area (TPSA) is 90.1 Å². The summed E-state index contributed by atoms with van der Waals surface area (Å²) in [5.74, 6) is 0.876. The lowest BCUT2D eigenvalue weighted by Crippen LogP contribution is -2.39. The summed E-state index contributed by atoms with van der Waals surface area (Å²) < 4.78 is 27.6. The standard InChI is InChI=1S/C11H23N5O2S/c1-12-6-4-10-16(2)19(17,18)15-7-3-5-11-13-8-9-14-11/h8-9,12,15H,3-7,10H2,1-2H3,(H,13,14). The molecule has 0 saturated carbocycles. The highest BCUT2D eigenvalue weighted by atomic mass is 32.2. The van der Waals surface area contributed by atoms with Crippen molar-refractivity contribution < 1.29 is 8.42 Å². The molecule has 0 unspecified atom stereocenters. The van der Waals surface area contributed by atoms with Gasteiger partial charge in [0.25, 0.3) is 10.2 Å². The molecule has 8 heteroatoms. The summed E-state index contributed by atoms with van der Waals surface area (Å²) in [5.41, 5.74) is 0. The molecule has 1 aromatic heterocycles. The van der Waals surface area contributed by atoms with Gasteiger partial charge in [0.1, 0.15) is 5.82 Å². The van der Waals surface area contributed by atoms with Crippen LogP contribution in [-0.2, 0) is 16.6 Å². The number of rotatable bonds is 10. The van der Waals surface area contributed by atoms with E-state index >= 15 is 0 Å². The molecule has 0 amide bonds. The van der Waals surface area contributed by atoms with E-state index in [4.69, 9.17) is 0 Å². The van der Waals surface area contributed by atoms with Gasteiger partial charge in [-0.3, -0.25) is 0 Å². The van der Waals surface area contributed by atoms with Gasteiger partial charge in [-0.2, -0.15) is 12.7 Å². The Kier molecular flexibility index (Phi) is 7.00. The van der Waals surface area contributed by atoms with Gasteiger partial charge in [0.05, 0.1) is 0 Å². The van der Waals surface area contributed by atoms with Crippen molar-refractivity contribution in [2.24, 2.45) is 0 Å². The second-order valence-electron chi connectivity index (χ2n) is 4.32. The molecule has 0 spiro atoms. The zero-order valence-electron chi connectivity index (χ0n) is 11.5. The van der Waals surface area contributed by atoms with Crippen molar-refractivity contribution in [2.45, 2.75) is 19.3 Å². The summed E-state index contributed by atoms with van der Waals surface area (Å²) in [6.45, 7) is 1.73. The molecule has 1 rings (SSSR count). The third-order valence-electron chi connectivity index (χ3n) is 2.74. The molecule has 0 radical (unpaired) electrons. The van der Waals surface area contributed by atoms with Crippen molar-refractivity contribution in [3.8, 4) is 0 Å². The molecule has 0 saturated heterocycles. The molecule has 0 aromatic carbocycles. The quantitative estimate of drug-likeness (QED) is 0.517. The van der Waals surface area contributed by atoms with Crippen LogP contribution in [0.25, 0.3) is 0 Å². The largest absolute Gasteiger partial charge is 0.349 e. The number of aromatic amines is 1. The number of imidazole rings is 1.